The number of hydrogen-bond acceptors (Lipinski definition) is 4. The third kappa shape index (κ3) is 4.31. The van der Waals surface area contributed by atoms with Gasteiger partial charge in [0.25, 0.3) is 0 Å². The quantitative estimate of drug-likeness (QED) is 0.710. The van der Waals surface area contributed by atoms with Crippen LogP contribution in [-0.4, -0.2) is 24.1 Å². The molecule has 4 nitrogen and oxygen atoms in total. The van der Waals surface area contributed by atoms with Gasteiger partial charge in [0.2, 0.25) is 0 Å². The third-order valence-corrected chi connectivity index (χ3v) is 3.91. The summed E-state index contributed by atoms with van der Waals surface area (Å²) in [6, 6.07) is 0. The van der Waals surface area contributed by atoms with Crippen LogP contribution in [0.2, 0.25) is 0 Å². The molecule has 104 valence electrons. The summed E-state index contributed by atoms with van der Waals surface area (Å²) >= 11 is 0. The molecule has 18 heavy (non-hydrogen) atoms. The summed E-state index contributed by atoms with van der Waals surface area (Å²) in [7, 11) is 0. The number of ether oxygens (including phenoxy) is 2. The Morgan fingerprint density at radius 2 is 1.83 bits per heavy atom. The second-order valence-electron chi connectivity index (χ2n) is 5.26. The van der Waals surface area contributed by atoms with Crippen molar-refractivity contribution in [2.75, 3.05) is 6.61 Å². The number of hydrogen-bond donors (Lipinski definition) is 0. The van der Waals surface area contributed by atoms with Gasteiger partial charge in [-0.1, -0.05) is 26.2 Å². The highest BCUT2D eigenvalue weighted by Crippen LogP contribution is 2.37. The zero-order valence-electron chi connectivity index (χ0n) is 11.7. The maximum Gasteiger partial charge on any atom is 0.344 e. The summed E-state index contributed by atoms with van der Waals surface area (Å²) in [5, 5.41) is 0. The lowest BCUT2D eigenvalue weighted by Gasteiger charge is -2.38. The molecule has 4 heteroatoms. The normalized spacial score (nSPS) is 19.9. The van der Waals surface area contributed by atoms with Crippen LogP contribution >= 0.6 is 0 Å². The fraction of sp³-hybridized carbons (Fsp3) is 0.857. The first-order chi connectivity index (χ1) is 8.48. The molecular formula is C14H24O4. The molecule has 0 amide bonds. The first kappa shape index (κ1) is 15.0. The molecule has 0 aliphatic heterocycles. The first-order valence-corrected chi connectivity index (χ1v) is 6.83. The average Bonchev–Trinajstić information content (AvgIpc) is 2.37. The SMILES string of the molecule is CCC(C)(OC(=O)COC(C)=O)C1CCCCC1. The maximum absolute atomic E-state index is 11.7. The molecule has 1 atom stereocenters. The second kappa shape index (κ2) is 6.76. The van der Waals surface area contributed by atoms with Crippen molar-refractivity contribution in [3.05, 3.63) is 0 Å². The van der Waals surface area contributed by atoms with E-state index >= 15 is 0 Å². The maximum atomic E-state index is 11.7. The molecule has 0 saturated heterocycles. The van der Waals surface area contributed by atoms with Crippen molar-refractivity contribution in [1.29, 1.82) is 0 Å². The smallest absolute Gasteiger partial charge is 0.344 e. The molecule has 1 aliphatic carbocycles. The molecular weight excluding hydrogens is 232 g/mol. The van der Waals surface area contributed by atoms with Crippen LogP contribution in [0.3, 0.4) is 0 Å². The molecule has 0 N–H and O–H groups in total. The summed E-state index contributed by atoms with van der Waals surface area (Å²) in [6.45, 7) is 5.04. The Hall–Kier alpha value is -1.06. The van der Waals surface area contributed by atoms with Crippen LogP contribution in [0.4, 0.5) is 0 Å². The van der Waals surface area contributed by atoms with Gasteiger partial charge in [-0.15, -0.1) is 0 Å². The summed E-state index contributed by atoms with van der Waals surface area (Å²) in [5.74, 6) is -0.472. The third-order valence-electron chi connectivity index (χ3n) is 3.91. The lowest BCUT2D eigenvalue weighted by molar-refractivity contribution is -0.174. The van der Waals surface area contributed by atoms with Crippen LogP contribution < -0.4 is 0 Å². The monoisotopic (exact) mass is 256 g/mol. The Morgan fingerprint density at radius 1 is 1.22 bits per heavy atom. The van der Waals surface area contributed by atoms with Gasteiger partial charge in [0.05, 0.1) is 0 Å². The van der Waals surface area contributed by atoms with Gasteiger partial charge in [-0.2, -0.15) is 0 Å². The number of carbonyl (C=O) groups excluding carboxylic acids is 2. The second-order valence-corrected chi connectivity index (χ2v) is 5.26. The van der Waals surface area contributed by atoms with Crippen LogP contribution in [0.25, 0.3) is 0 Å². The minimum atomic E-state index is -0.456. The molecule has 1 saturated carbocycles. The van der Waals surface area contributed by atoms with Crippen molar-refractivity contribution in [1.82, 2.24) is 0 Å². The lowest BCUT2D eigenvalue weighted by Crippen LogP contribution is -2.41. The molecule has 0 spiro atoms. The van der Waals surface area contributed by atoms with E-state index in [0.29, 0.717) is 5.92 Å². The van der Waals surface area contributed by atoms with Crippen molar-refractivity contribution >= 4 is 11.9 Å². The Labute approximate surface area is 109 Å². The Kier molecular flexibility index (Phi) is 5.63. The first-order valence-electron chi connectivity index (χ1n) is 6.83. The van der Waals surface area contributed by atoms with Crippen molar-refractivity contribution in [2.24, 2.45) is 5.92 Å². The van der Waals surface area contributed by atoms with Crippen LogP contribution in [0.1, 0.15) is 59.3 Å². The highest BCUT2D eigenvalue weighted by atomic mass is 16.6. The summed E-state index contributed by atoms with van der Waals surface area (Å²) in [5.41, 5.74) is -0.419. The highest BCUT2D eigenvalue weighted by Gasteiger charge is 2.36. The summed E-state index contributed by atoms with van der Waals surface area (Å²) in [4.78, 5) is 22.3. The summed E-state index contributed by atoms with van der Waals surface area (Å²) in [6.07, 6.45) is 6.72. The Morgan fingerprint density at radius 3 is 2.33 bits per heavy atom. The van der Waals surface area contributed by atoms with Gasteiger partial charge < -0.3 is 9.47 Å². The van der Waals surface area contributed by atoms with Gasteiger partial charge in [0.1, 0.15) is 5.60 Å². The van der Waals surface area contributed by atoms with E-state index in [1.54, 1.807) is 0 Å². The van der Waals surface area contributed by atoms with Crippen molar-refractivity contribution < 1.29 is 19.1 Å². The molecule has 1 unspecified atom stereocenters. The van der Waals surface area contributed by atoms with Gasteiger partial charge in [-0.25, -0.2) is 4.79 Å². The fourth-order valence-electron chi connectivity index (χ4n) is 2.61. The van der Waals surface area contributed by atoms with Gasteiger partial charge in [0, 0.05) is 6.92 Å². The molecule has 0 radical (unpaired) electrons. The van der Waals surface area contributed by atoms with E-state index in [4.69, 9.17) is 4.74 Å². The predicted molar refractivity (Wildman–Crippen MR) is 68.0 cm³/mol. The van der Waals surface area contributed by atoms with Gasteiger partial charge in [0.15, 0.2) is 6.61 Å². The predicted octanol–water partition coefficient (Wildman–Crippen LogP) is 2.84. The fourth-order valence-corrected chi connectivity index (χ4v) is 2.61. The minimum absolute atomic E-state index is 0.280. The van der Waals surface area contributed by atoms with Crippen molar-refractivity contribution in [2.45, 2.75) is 64.9 Å². The zero-order valence-corrected chi connectivity index (χ0v) is 11.7. The molecule has 1 rings (SSSR count). The van der Waals surface area contributed by atoms with E-state index in [1.165, 1.54) is 26.2 Å². The van der Waals surface area contributed by atoms with E-state index in [2.05, 4.69) is 4.74 Å². The Balaban J connectivity index is 2.52. The zero-order chi connectivity index (χ0) is 13.6. The topological polar surface area (TPSA) is 52.6 Å². The highest BCUT2D eigenvalue weighted by molar-refractivity contribution is 5.75. The Bertz CT molecular complexity index is 294. The number of esters is 2. The van der Waals surface area contributed by atoms with Gasteiger partial charge in [-0.05, 0) is 32.1 Å². The molecule has 1 fully saturated rings. The van der Waals surface area contributed by atoms with Crippen LogP contribution in [0, 0.1) is 5.92 Å². The van der Waals surface area contributed by atoms with E-state index in [9.17, 15) is 9.59 Å². The molecule has 0 aromatic carbocycles. The largest absolute Gasteiger partial charge is 0.457 e. The number of rotatable bonds is 5. The van der Waals surface area contributed by atoms with Crippen LogP contribution in [-0.2, 0) is 19.1 Å². The molecule has 0 aromatic rings. The van der Waals surface area contributed by atoms with Gasteiger partial charge >= 0.3 is 11.9 Å². The molecule has 1 aliphatic rings. The van der Waals surface area contributed by atoms with Crippen LogP contribution in [0.5, 0.6) is 0 Å². The summed E-state index contributed by atoms with van der Waals surface area (Å²) < 4.78 is 10.2. The van der Waals surface area contributed by atoms with Crippen molar-refractivity contribution in [3.8, 4) is 0 Å². The van der Waals surface area contributed by atoms with Crippen molar-refractivity contribution in [3.63, 3.8) is 0 Å². The minimum Gasteiger partial charge on any atom is -0.457 e. The van der Waals surface area contributed by atoms with Crippen LogP contribution in [0.15, 0.2) is 0 Å². The van der Waals surface area contributed by atoms with E-state index in [0.717, 1.165) is 19.3 Å². The van der Waals surface area contributed by atoms with E-state index in [1.807, 2.05) is 13.8 Å². The van der Waals surface area contributed by atoms with Gasteiger partial charge in [-0.3, -0.25) is 4.79 Å². The molecule has 0 heterocycles. The lowest BCUT2D eigenvalue weighted by atomic mass is 9.76. The van der Waals surface area contributed by atoms with E-state index < -0.39 is 17.5 Å². The standard InChI is InChI=1S/C14H24O4/c1-4-14(3,12-8-6-5-7-9-12)18-13(16)10-17-11(2)15/h12H,4-10H2,1-3H3. The molecule has 0 aromatic heterocycles. The van der Waals surface area contributed by atoms with E-state index in [-0.39, 0.29) is 6.61 Å². The average molecular weight is 256 g/mol. The molecule has 0 bridgehead atoms. The number of carbonyl (C=O) groups is 2.